The Hall–Kier alpha value is -4.94. The standard InChI is InChI=1S/C30H29N5O4/c1-5-39-30(38)20-11-13-23-24(16-20)33-29(37)27(23)28(19-9-7-6-8-10-19)32-22-12-14-25(21(15-22)17-31)35(4)26(36)18-34(2)3/h6-16,32H,5,18H2,1-4H3,(H,33,37). The van der Waals surface area contributed by atoms with E-state index >= 15 is 0 Å². The summed E-state index contributed by atoms with van der Waals surface area (Å²) in [7, 11) is 5.24. The lowest BCUT2D eigenvalue weighted by Crippen LogP contribution is -2.35. The van der Waals surface area contributed by atoms with Crippen LogP contribution in [0, 0.1) is 11.3 Å². The molecule has 0 spiro atoms. The lowest BCUT2D eigenvalue weighted by Gasteiger charge is -2.22. The Kier molecular flexibility index (Phi) is 8.08. The number of esters is 1. The molecule has 0 unspecified atom stereocenters. The average molecular weight is 524 g/mol. The van der Waals surface area contributed by atoms with Crippen molar-refractivity contribution in [3.63, 3.8) is 0 Å². The summed E-state index contributed by atoms with van der Waals surface area (Å²) in [6.45, 7) is 2.19. The maximum Gasteiger partial charge on any atom is 0.338 e. The van der Waals surface area contributed by atoms with E-state index in [-0.39, 0.29) is 25.0 Å². The van der Waals surface area contributed by atoms with Gasteiger partial charge in [-0.2, -0.15) is 5.26 Å². The predicted molar refractivity (Wildman–Crippen MR) is 151 cm³/mol. The number of carbonyl (C=O) groups is 3. The van der Waals surface area contributed by atoms with Gasteiger partial charge in [0.2, 0.25) is 5.91 Å². The van der Waals surface area contributed by atoms with Crippen molar-refractivity contribution >= 4 is 46.1 Å². The Morgan fingerprint density at radius 2 is 1.74 bits per heavy atom. The summed E-state index contributed by atoms with van der Waals surface area (Å²) in [5.74, 6) is -0.944. The molecule has 2 amide bonds. The summed E-state index contributed by atoms with van der Waals surface area (Å²) in [5.41, 5.74) is 4.52. The van der Waals surface area contributed by atoms with Crippen molar-refractivity contribution in [3.05, 3.63) is 89.0 Å². The van der Waals surface area contributed by atoms with Gasteiger partial charge < -0.3 is 25.2 Å². The first kappa shape index (κ1) is 27.1. The Labute approximate surface area is 227 Å². The van der Waals surface area contributed by atoms with Crippen LogP contribution in [-0.2, 0) is 14.3 Å². The van der Waals surface area contributed by atoms with Crippen LogP contribution in [0.15, 0.2) is 66.7 Å². The van der Waals surface area contributed by atoms with E-state index in [9.17, 15) is 19.6 Å². The van der Waals surface area contributed by atoms with Crippen molar-refractivity contribution in [1.82, 2.24) is 4.90 Å². The zero-order valence-electron chi connectivity index (χ0n) is 22.2. The summed E-state index contributed by atoms with van der Waals surface area (Å²) in [5, 5.41) is 16.0. The first-order chi connectivity index (χ1) is 18.7. The van der Waals surface area contributed by atoms with E-state index in [1.165, 1.54) is 4.90 Å². The fourth-order valence-corrected chi connectivity index (χ4v) is 4.30. The molecule has 0 saturated carbocycles. The molecule has 1 heterocycles. The van der Waals surface area contributed by atoms with Crippen molar-refractivity contribution in [3.8, 4) is 6.07 Å². The molecule has 1 aliphatic heterocycles. The van der Waals surface area contributed by atoms with E-state index in [4.69, 9.17) is 4.74 Å². The third kappa shape index (κ3) is 5.81. The number of anilines is 3. The molecule has 0 bridgehead atoms. The summed E-state index contributed by atoms with van der Waals surface area (Å²) < 4.78 is 5.09. The Morgan fingerprint density at radius 3 is 2.41 bits per heavy atom. The number of hydrogen-bond acceptors (Lipinski definition) is 7. The normalized spacial score (nSPS) is 13.3. The third-order valence-electron chi connectivity index (χ3n) is 6.16. The van der Waals surface area contributed by atoms with Crippen LogP contribution in [0.2, 0.25) is 0 Å². The smallest absolute Gasteiger partial charge is 0.338 e. The minimum atomic E-state index is -0.466. The second-order valence-corrected chi connectivity index (χ2v) is 9.21. The van der Waals surface area contributed by atoms with E-state index in [1.807, 2.05) is 30.3 Å². The molecule has 0 aromatic heterocycles. The van der Waals surface area contributed by atoms with Crippen LogP contribution in [0.4, 0.5) is 17.1 Å². The van der Waals surface area contributed by atoms with E-state index in [0.717, 1.165) is 5.56 Å². The van der Waals surface area contributed by atoms with Crippen molar-refractivity contribution in [1.29, 1.82) is 5.26 Å². The van der Waals surface area contributed by atoms with Crippen molar-refractivity contribution < 1.29 is 19.1 Å². The number of nitriles is 1. The van der Waals surface area contributed by atoms with Gasteiger partial charge in [0.1, 0.15) is 6.07 Å². The zero-order chi connectivity index (χ0) is 28.1. The number of benzene rings is 3. The third-order valence-corrected chi connectivity index (χ3v) is 6.16. The number of hydrogen-bond donors (Lipinski definition) is 2. The molecule has 3 aromatic rings. The molecule has 3 aromatic carbocycles. The summed E-state index contributed by atoms with van der Waals surface area (Å²) in [6, 6.07) is 21.6. The van der Waals surface area contributed by atoms with Gasteiger partial charge in [-0.05, 0) is 56.9 Å². The first-order valence-corrected chi connectivity index (χ1v) is 12.4. The van der Waals surface area contributed by atoms with Gasteiger partial charge in [0, 0.05) is 18.3 Å². The molecule has 0 fully saturated rings. The van der Waals surface area contributed by atoms with Crippen LogP contribution in [0.3, 0.4) is 0 Å². The number of nitrogens with one attached hydrogen (secondary N) is 2. The van der Waals surface area contributed by atoms with Gasteiger partial charge in [-0.1, -0.05) is 36.4 Å². The van der Waals surface area contributed by atoms with Gasteiger partial charge >= 0.3 is 5.97 Å². The molecule has 9 nitrogen and oxygen atoms in total. The molecular formula is C30H29N5O4. The van der Waals surface area contributed by atoms with Crippen molar-refractivity contribution in [2.45, 2.75) is 6.92 Å². The second-order valence-electron chi connectivity index (χ2n) is 9.21. The summed E-state index contributed by atoms with van der Waals surface area (Å²) in [4.78, 5) is 41.3. The highest BCUT2D eigenvalue weighted by molar-refractivity contribution is 6.37. The molecule has 0 aliphatic carbocycles. The number of fused-ring (bicyclic) bond motifs is 1. The van der Waals surface area contributed by atoms with E-state index in [1.54, 1.807) is 69.4 Å². The fraction of sp³-hybridized carbons (Fsp3) is 0.200. The summed E-state index contributed by atoms with van der Waals surface area (Å²) >= 11 is 0. The Morgan fingerprint density at radius 1 is 1.00 bits per heavy atom. The quantitative estimate of drug-likeness (QED) is 0.336. The lowest BCUT2D eigenvalue weighted by atomic mass is 9.99. The molecule has 1 aliphatic rings. The molecule has 9 heteroatoms. The fourth-order valence-electron chi connectivity index (χ4n) is 4.30. The van der Waals surface area contributed by atoms with Gasteiger partial charge in [0.05, 0.1) is 46.9 Å². The van der Waals surface area contributed by atoms with Crippen molar-refractivity contribution in [2.75, 3.05) is 49.8 Å². The maximum absolute atomic E-state index is 13.2. The Bertz CT molecular complexity index is 1510. The molecular weight excluding hydrogens is 494 g/mol. The van der Waals surface area contributed by atoms with Crippen LogP contribution >= 0.6 is 0 Å². The monoisotopic (exact) mass is 523 g/mol. The van der Waals surface area contributed by atoms with Gasteiger partial charge in [-0.3, -0.25) is 9.59 Å². The van der Waals surface area contributed by atoms with E-state index < -0.39 is 5.97 Å². The number of amides is 2. The molecule has 4 rings (SSSR count). The molecule has 0 saturated heterocycles. The van der Waals surface area contributed by atoms with Gasteiger partial charge in [-0.15, -0.1) is 0 Å². The van der Waals surface area contributed by atoms with Crippen LogP contribution < -0.4 is 15.5 Å². The predicted octanol–water partition coefficient (Wildman–Crippen LogP) is 4.19. The van der Waals surface area contributed by atoms with E-state index in [0.29, 0.717) is 45.0 Å². The molecule has 0 atom stereocenters. The second kappa shape index (κ2) is 11.6. The van der Waals surface area contributed by atoms with Gasteiger partial charge in [-0.25, -0.2) is 4.79 Å². The summed E-state index contributed by atoms with van der Waals surface area (Å²) in [6.07, 6.45) is 0. The van der Waals surface area contributed by atoms with Crippen LogP contribution in [-0.4, -0.2) is 57.0 Å². The molecule has 2 N–H and O–H groups in total. The SMILES string of the molecule is CCOC(=O)c1ccc2c(c1)NC(=O)C2=C(Nc1ccc(N(C)C(=O)CN(C)C)c(C#N)c1)c1ccccc1. The molecule has 39 heavy (non-hydrogen) atoms. The highest BCUT2D eigenvalue weighted by Crippen LogP contribution is 2.38. The van der Waals surface area contributed by atoms with Gasteiger partial charge in [0.15, 0.2) is 0 Å². The van der Waals surface area contributed by atoms with Crippen LogP contribution in [0.25, 0.3) is 11.3 Å². The van der Waals surface area contributed by atoms with Crippen molar-refractivity contribution in [2.24, 2.45) is 0 Å². The number of rotatable bonds is 8. The minimum absolute atomic E-state index is 0.147. The van der Waals surface area contributed by atoms with Gasteiger partial charge in [0.25, 0.3) is 5.91 Å². The molecule has 0 radical (unpaired) electrons. The highest BCUT2D eigenvalue weighted by Gasteiger charge is 2.29. The highest BCUT2D eigenvalue weighted by atomic mass is 16.5. The number of carbonyl (C=O) groups excluding carboxylic acids is 3. The maximum atomic E-state index is 13.2. The first-order valence-electron chi connectivity index (χ1n) is 12.4. The zero-order valence-corrected chi connectivity index (χ0v) is 22.2. The topological polar surface area (TPSA) is 115 Å². The Balaban J connectivity index is 1.77. The van der Waals surface area contributed by atoms with E-state index in [2.05, 4.69) is 16.7 Å². The largest absolute Gasteiger partial charge is 0.462 e. The van der Waals surface area contributed by atoms with Crippen LogP contribution in [0.1, 0.15) is 34.0 Å². The molecule has 198 valence electrons. The van der Waals surface area contributed by atoms with Crippen LogP contribution in [0.5, 0.6) is 0 Å². The number of nitrogens with zero attached hydrogens (tertiary/aromatic N) is 3. The average Bonchev–Trinajstić information content (AvgIpc) is 3.26. The number of ether oxygens (including phenoxy) is 1. The lowest BCUT2D eigenvalue weighted by molar-refractivity contribution is -0.119. The number of likely N-dealkylation sites (N-methyl/N-ethyl adjacent to an activating group) is 2. The minimum Gasteiger partial charge on any atom is -0.462 e.